The molecule has 9 heteroatoms. The molecule has 1 aliphatic heterocycles. The fourth-order valence-corrected chi connectivity index (χ4v) is 4.31. The number of hydrogen-bond acceptors (Lipinski definition) is 7. The highest BCUT2D eigenvalue weighted by Gasteiger charge is 2.22. The summed E-state index contributed by atoms with van der Waals surface area (Å²) in [7, 11) is -1.02. The smallest absolute Gasteiger partial charge is 0.266 e. The monoisotopic (exact) mass is 392 g/mol. The van der Waals surface area contributed by atoms with Crippen molar-refractivity contribution < 1.29 is 17.9 Å². The summed E-state index contributed by atoms with van der Waals surface area (Å²) in [5.74, 6) is 2.14. The zero-order valence-electron chi connectivity index (χ0n) is 15.7. The van der Waals surface area contributed by atoms with Gasteiger partial charge in [0, 0.05) is 19.2 Å². The topological polar surface area (TPSA) is 93.6 Å². The van der Waals surface area contributed by atoms with Crippen LogP contribution >= 0.6 is 0 Å². The van der Waals surface area contributed by atoms with Gasteiger partial charge in [-0.25, -0.2) is 8.42 Å². The Morgan fingerprint density at radius 3 is 2.59 bits per heavy atom. The lowest BCUT2D eigenvalue weighted by atomic mass is 10.0. The first-order valence-corrected chi connectivity index (χ1v) is 10.2. The second-order valence-electron chi connectivity index (χ2n) is 6.59. The van der Waals surface area contributed by atoms with E-state index < -0.39 is 10.0 Å². The lowest BCUT2D eigenvalue weighted by Crippen LogP contribution is -2.34. The molecule has 27 heavy (non-hydrogen) atoms. The first-order valence-electron chi connectivity index (χ1n) is 8.76. The highest BCUT2D eigenvalue weighted by Crippen LogP contribution is 2.29. The van der Waals surface area contributed by atoms with E-state index in [1.165, 1.54) is 26.7 Å². The highest BCUT2D eigenvalue weighted by atomic mass is 32.2. The predicted octanol–water partition coefficient (Wildman–Crippen LogP) is 2.53. The van der Waals surface area contributed by atoms with Crippen molar-refractivity contribution in [3.63, 3.8) is 0 Å². The van der Waals surface area contributed by atoms with E-state index in [1.807, 2.05) is 0 Å². The van der Waals surface area contributed by atoms with Crippen molar-refractivity contribution in [2.24, 2.45) is 5.92 Å². The minimum absolute atomic E-state index is 0.0277. The number of hydrogen-bond donors (Lipinski definition) is 1. The van der Waals surface area contributed by atoms with Crippen molar-refractivity contribution >= 4 is 21.7 Å². The highest BCUT2D eigenvalue weighted by molar-refractivity contribution is 7.92. The van der Waals surface area contributed by atoms with Crippen molar-refractivity contribution in [2.75, 3.05) is 36.9 Å². The average Bonchev–Trinajstić information content (AvgIpc) is 2.67. The van der Waals surface area contributed by atoms with Gasteiger partial charge in [0.1, 0.15) is 16.4 Å². The Kier molecular flexibility index (Phi) is 5.69. The maximum absolute atomic E-state index is 12.8. The number of ether oxygens (including phenoxy) is 2. The molecule has 0 radical (unpaired) electrons. The first kappa shape index (κ1) is 19.2. The summed E-state index contributed by atoms with van der Waals surface area (Å²) in [6.07, 6.45) is 2.33. The van der Waals surface area contributed by atoms with Gasteiger partial charge >= 0.3 is 0 Å². The maximum Gasteiger partial charge on any atom is 0.266 e. The molecule has 0 spiro atoms. The van der Waals surface area contributed by atoms with Crippen LogP contribution in [0.3, 0.4) is 0 Å². The Morgan fingerprint density at radius 2 is 1.96 bits per heavy atom. The molecule has 146 valence electrons. The summed E-state index contributed by atoms with van der Waals surface area (Å²) in [5, 5.41) is 8.22. The Balaban J connectivity index is 1.80. The Labute approximate surface area is 159 Å². The molecule has 0 aliphatic carbocycles. The third-order valence-electron chi connectivity index (χ3n) is 4.53. The molecule has 0 amide bonds. The number of benzene rings is 1. The van der Waals surface area contributed by atoms with Gasteiger partial charge in [-0.05, 0) is 43.0 Å². The molecule has 1 unspecified atom stereocenters. The van der Waals surface area contributed by atoms with E-state index in [4.69, 9.17) is 9.47 Å². The molecule has 1 atom stereocenters. The Hall–Kier alpha value is -2.55. The van der Waals surface area contributed by atoms with Crippen LogP contribution in [-0.4, -0.2) is 45.9 Å². The number of rotatable bonds is 6. The summed E-state index contributed by atoms with van der Waals surface area (Å²) >= 11 is 0. The van der Waals surface area contributed by atoms with Crippen LogP contribution in [0.1, 0.15) is 19.8 Å². The van der Waals surface area contributed by atoms with Crippen LogP contribution in [0, 0.1) is 5.92 Å². The SMILES string of the molecule is COc1ccc(OC)c(S(=O)(=O)Nc2ccc(N3CCCC(C)C3)nn2)c1. The summed E-state index contributed by atoms with van der Waals surface area (Å²) in [6, 6.07) is 7.97. The minimum Gasteiger partial charge on any atom is -0.497 e. The molecule has 1 aliphatic rings. The number of aromatic nitrogens is 2. The van der Waals surface area contributed by atoms with Crippen LogP contribution in [0.15, 0.2) is 35.2 Å². The number of nitrogens with one attached hydrogen (secondary N) is 1. The number of anilines is 2. The van der Waals surface area contributed by atoms with Crippen molar-refractivity contribution in [3.05, 3.63) is 30.3 Å². The number of nitrogens with zero attached hydrogens (tertiary/aromatic N) is 3. The third-order valence-corrected chi connectivity index (χ3v) is 5.91. The van der Waals surface area contributed by atoms with Crippen LogP contribution in [0.2, 0.25) is 0 Å². The zero-order valence-corrected chi connectivity index (χ0v) is 16.5. The van der Waals surface area contributed by atoms with E-state index in [0.29, 0.717) is 11.7 Å². The Bertz CT molecular complexity index is 887. The summed E-state index contributed by atoms with van der Waals surface area (Å²) in [4.78, 5) is 2.14. The molecular formula is C18H24N4O4S. The van der Waals surface area contributed by atoms with E-state index in [-0.39, 0.29) is 16.5 Å². The zero-order chi connectivity index (χ0) is 19.4. The van der Waals surface area contributed by atoms with Crippen molar-refractivity contribution in [1.29, 1.82) is 0 Å². The summed E-state index contributed by atoms with van der Waals surface area (Å²) < 4.78 is 38.2. The van der Waals surface area contributed by atoms with Gasteiger partial charge < -0.3 is 14.4 Å². The van der Waals surface area contributed by atoms with Crippen LogP contribution in [0.5, 0.6) is 11.5 Å². The lowest BCUT2D eigenvalue weighted by Gasteiger charge is -2.31. The first-order chi connectivity index (χ1) is 12.9. The molecule has 1 saturated heterocycles. The number of sulfonamides is 1. The van der Waals surface area contributed by atoms with Crippen LogP contribution in [0.25, 0.3) is 0 Å². The van der Waals surface area contributed by atoms with Gasteiger partial charge in [-0.1, -0.05) is 6.92 Å². The van der Waals surface area contributed by atoms with Gasteiger partial charge in [0.15, 0.2) is 11.6 Å². The molecule has 1 aromatic heterocycles. The standard InChI is InChI=1S/C18H24N4O4S/c1-13-5-4-10-22(12-13)18-9-8-17(19-20-18)21-27(23,24)16-11-14(25-2)6-7-15(16)26-3/h6-9,11,13H,4-5,10,12H2,1-3H3,(H,19,21). The molecule has 3 rings (SSSR count). The molecule has 2 heterocycles. The fourth-order valence-electron chi connectivity index (χ4n) is 3.13. The molecule has 0 bridgehead atoms. The quantitative estimate of drug-likeness (QED) is 0.807. The molecule has 0 saturated carbocycles. The van der Waals surface area contributed by atoms with Crippen molar-refractivity contribution in [2.45, 2.75) is 24.7 Å². The average molecular weight is 392 g/mol. The van der Waals surface area contributed by atoms with Crippen LogP contribution in [0.4, 0.5) is 11.6 Å². The van der Waals surface area contributed by atoms with Gasteiger partial charge in [0.25, 0.3) is 10.0 Å². The lowest BCUT2D eigenvalue weighted by molar-refractivity contribution is 0.392. The largest absolute Gasteiger partial charge is 0.497 e. The van der Waals surface area contributed by atoms with E-state index >= 15 is 0 Å². The molecule has 1 aromatic carbocycles. The van der Waals surface area contributed by atoms with E-state index in [9.17, 15) is 8.42 Å². The number of methoxy groups -OCH3 is 2. The fraction of sp³-hybridized carbons (Fsp3) is 0.444. The second-order valence-corrected chi connectivity index (χ2v) is 8.24. The summed E-state index contributed by atoms with van der Waals surface area (Å²) in [5.41, 5.74) is 0. The van der Waals surface area contributed by atoms with E-state index in [2.05, 4.69) is 26.7 Å². The minimum atomic E-state index is -3.91. The second kappa shape index (κ2) is 7.99. The molecule has 2 aromatic rings. The van der Waals surface area contributed by atoms with E-state index in [0.717, 1.165) is 25.3 Å². The van der Waals surface area contributed by atoms with Gasteiger partial charge in [-0.15, -0.1) is 10.2 Å². The predicted molar refractivity (Wildman–Crippen MR) is 103 cm³/mol. The van der Waals surface area contributed by atoms with Gasteiger partial charge in [-0.2, -0.15) is 0 Å². The molecule has 8 nitrogen and oxygen atoms in total. The van der Waals surface area contributed by atoms with Crippen LogP contribution in [-0.2, 0) is 10.0 Å². The number of piperidine rings is 1. The van der Waals surface area contributed by atoms with Crippen molar-refractivity contribution in [1.82, 2.24) is 10.2 Å². The van der Waals surface area contributed by atoms with Crippen LogP contribution < -0.4 is 19.1 Å². The summed E-state index contributed by atoms with van der Waals surface area (Å²) in [6.45, 7) is 4.08. The van der Waals surface area contributed by atoms with E-state index in [1.54, 1.807) is 24.3 Å². The third kappa shape index (κ3) is 4.41. The van der Waals surface area contributed by atoms with Gasteiger partial charge in [0.05, 0.1) is 14.2 Å². The molecular weight excluding hydrogens is 368 g/mol. The van der Waals surface area contributed by atoms with Crippen molar-refractivity contribution in [3.8, 4) is 11.5 Å². The molecule has 1 fully saturated rings. The molecule has 1 N–H and O–H groups in total. The Morgan fingerprint density at radius 1 is 1.15 bits per heavy atom. The van der Waals surface area contributed by atoms with Gasteiger partial charge in [0.2, 0.25) is 0 Å². The van der Waals surface area contributed by atoms with Gasteiger partial charge in [-0.3, -0.25) is 4.72 Å². The maximum atomic E-state index is 12.8. The normalized spacial score (nSPS) is 17.4.